The van der Waals surface area contributed by atoms with Crippen LogP contribution in [0.4, 0.5) is 0 Å². The summed E-state index contributed by atoms with van der Waals surface area (Å²) in [5, 5.41) is 1.11. The number of pyridine rings is 1. The Bertz CT molecular complexity index is 696. The van der Waals surface area contributed by atoms with Gasteiger partial charge in [0.05, 0.1) is 12.1 Å². The van der Waals surface area contributed by atoms with E-state index < -0.39 is 0 Å². The number of amides is 1. The monoisotopic (exact) mass is 296 g/mol. The number of hydrogen-bond acceptors (Lipinski definition) is 3. The molecule has 0 spiro atoms. The molecule has 1 atom stereocenters. The quantitative estimate of drug-likeness (QED) is 0.871. The van der Waals surface area contributed by atoms with E-state index in [2.05, 4.69) is 4.98 Å². The van der Waals surface area contributed by atoms with E-state index >= 15 is 0 Å². The Hall–Kier alpha value is -2.10. The normalized spacial score (nSPS) is 21.3. The molecule has 0 N–H and O–H groups in total. The van der Waals surface area contributed by atoms with Gasteiger partial charge in [0.1, 0.15) is 6.10 Å². The highest BCUT2D eigenvalue weighted by Crippen LogP contribution is 2.33. The summed E-state index contributed by atoms with van der Waals surface area (Å²) < 4.78 is 5.98. The van der Waals surface area contributed by atoms with Crippen molar-refractivity contribution in [3.63, 3.8) is 0 Å². The molecular weight excluding hydrogens is 276 g/mol. The standard InChI is InChI=1S/C18H20N2O2/c21-18(11-13-5-6-13)20-10-9-15(12-20)22-17-8-7-14-3-1-2-4-16(14)19-17/h1-4,7-8,13,15H,5-6,9-12H2. The Morgan fingerprint density at radius 3 is 2.91 bits per heavy atom. The summed E-state index contributed by atoms with van der Waals surface area (Å²) in [6.45, 7) is 1.50. The summed E-state index contributed by atoms with van der Waals surface area (Å²) in [4.78, 5) is 18.6. The van der Waals surface area contributed by atoms with Gasteiger partial charge in [0.25, 0.3) is 0 Å². The van der Waals surface area contributed by atoms with E-state index in [0.717, 1.165) is 30.3 Å². The molecule has 2 aromatic rings. The van der Waals surface area contributed by atoms with Crippen LogP contribution in [0.25, 0.3) is 10.9 Å². The summed E-state index contributed by atoms with van der Waals surface area (Å²) in [5.41, 5.74) is 0.944. The second-order valence-electron chi connectivity index (χ2n) is 6.36. The first-order valence-corrected chi connectivity index (χ1v) is 8.08. The summed E-state index contributed by atoms with van der Waals surface area (Å²) in [7, 11) is 0. The van der Waals surface area contributed by atoms with Crippen molar-refractivity contribution in [2.75, 3.05) is 13.1 Å². The maximum absolute atomic E-state index is 12.1. The third-order valence-electron chi connectivity index (χ3n) is 4.52. The lowest BCUT2D eigenvalue weighted by Gasteiger charge is -2.17. The van der Waals surface area contributed by atoms with Crippen molar-refractivity contribution in [2.45, 2.75) is 31.8 Å². The Morgan fingerprint density at radius 1 is 1.18 bits per heavy atom. The second kappa shape index (κ2) is 5.59. The van der Waals surface area contributed by atoms with E-state index in [1.807, 2.05) is 41.3 Å². The minimum absolute atomic E-state index is 0.0665. The third kappa shape index (κ3) is 2.91. The van der Waals surface area contributed by atoms with Crippen molar-refractivity contribution in [2.24, 2.45) is 5.92 Å². The van der Waals surface area contributed by atoms with Crippen molar-refractivity contribution in [3.05, 3.63) is 36.4 Å². The fourth-order valence-corrected chi connectivity index (χ4v) is 3.03. The molecule has 1 saturated carbocycles. The maximum atomic E-state index is 12.1. The third-order valence-corrected chi connectivity index (χ3v) is 4.52. The number of nitrogens with zero attached hydrogens (tertiary/aromatic N) is 2. The zero-order valence-corrected chi connectivity index (χ0v) is 12.6. The Labute approximate surface area is 130 Å². The molecule has 2 heterocycles. The highest BCUT2D eigenvalue weighted by Gasteiger charge is 2.31. The number of benzene rings is 1. The highest BCUT2D eigenvalue weighted by molar-refractivity contribution is 5.79. The first-order chi connectivity index (χ1) is 10.8. The molecule has 1 aromatic carbocycles. The summed E-state index contributed by atoms with van der Waals surface area (Å²) in [6.07, 6.45) is 4.13. The average molecular weight is 296 g/mol. The minimum atomic E-state index is 0.0665. The van der Waals surface area contributed by atoms with Gasteiger partial charge >= 0.3 is 0 Å². The molecule has 2 fully saturated rings. The second-order valence-corrected chi connectivity index (χ2v) is 6.36. The molecule has 1 aromatic heterocycles. The number of rotatable bonds is 4. The van der Waals surface area contributed by atoms with Gasteiger partial charge in [-0.25, -0.2) is 4.98 Å². The van der Waals surface area contributed by atoms with Crippen LogP contribution in [0.5, 0.6) is 5.88 Å². The van der Waals surface area contributed by atoms with E-state index in [1.165, 1.54) is 12.8 Å². The molecule has 22 heavy (non-hydrogen) atoms. The largest absolute Gasteiger partial charge is 0.472 e. The molecule has 4 heteroatoms. The van der Waals surface area contributed by atoms with Gasteiger partial charge in [-0.3, -0.25) is 4.79 Å². The highest BCUT2D eigenvalue weighted by atomic mass is 16.5. The molecule has 1 aliphatic carbocycles. The van der Waals surface area contributed by atoms with E-state index in [-0.39, 0.29) is 6.10 Å². The summed E-state index contributed by atoms with van der Waals surface area (Å²) >= 11 is 0. The average Bonchev–Trinajstić information content (AvgIpc) is 3.22. The lowest BCUT2D eigenvalue weighted by atomic mass is 10.2. The number of hydrogen-bond donors (Lipinski definition) is 0. The number of fused-ring (bicyclic) bond motifs is 1. The lowest BCUT2D eigenvalue weighted by Crippen LogP contribution is -2.31. The van der Waals surface area contributed by atoms with Gasteiger partial charge in [-0.2, -0.15) is 0 Å². The van der Waals surface area contributed by atoms with Gasteiger partial charge in [0.2, 0.25) is 11.8 Å². The molecule has 1 aliphatic heterocycles. The number of carbonyl (C=O) groups is 1. The summed E-state index contributed by atoms with van der Waals surface area (Å²) in [5.74, 6) is 1.59. The van der Waals surface area contributed by atoms with Crippen LogP contribution < -0.4 is 4.74 Å². The molecule has 1 unspecified atom stereocenters. The molecule has 1 amide bonds. The molecule has 1 saturated heterocycles. The molecule has 0 radical (unpaired) electrons. The predicted octanol–water partition coefficient (Wildman–Crippen LogP) is 3.01. The van der Waals surface area contributed by atoms with Crippen LogP contribution in [0, 0.1) is 5.92 Å². The van der Waals surface area contributed by atoms with Crippen molar-refractivity contribution in [1.29, 1.82) is 0 Å². The van der Waals surface area contributed by atoms with Crippen LogP contribution >= 0.6 is 0 Å². The number of para-hydroxylation sites is 1. The minimum Gasteiger partial charge on any atom is -0.472 e. The smallest absolute Gasteiger partial charge is 0.222 e. The first kappa shape index (κ1) is 13.6. The molecule has 4 nitrogen and oxygen atoms in total. The number of likely N-dealkylation sites (tertiary alicyclic amines) is 1. The topological polar surface area (TPSA) is 42.4 Å². The van der Waals surface area contributed by atoms with E-state index in [4.69, 9.17) is 4.74 Å². The van der Waals surface area contributed by atoms with Gasteiger partial charge in [-0.05, 0) is 30.9 Å². The molecule has 2 aliphatic rings. The molecular formula is C18H20N2O2. The SMILES string of the molecule is O=C(CC1CC1)N1CCC(Oc2ccc3ccccc3n2)C1. The Morgan fingerprint density at radius 2 is 2.05 bits per heavy atom. The first-order valence-electron chi connectivity index (χ1n) is 8.08. The maximum Gasteiger partial charge on any atom is 0.222 e. The van der Waals surface area contributed by atoms with Crippen molar-refractivity contribution in [3.8, 4) is 5.88 Å². The van der Waals surface area contributed by atoms with Crippen LogP contribution in [-0.2, 0) is 4.79 Å². The van der Waals surface area contributed by atoms with Crippen molar-refractivity contribution >= 4 is 16.8 Å². The van der Waals surface area contributed by atoms with Gasteiger partial charge in [-0.15, -0.1) is 0 Å². The van der Waals surface area contributed by atoms with Gasteiger partial charge in [-0.1, -0.05) is 18.2 Å². The van der Waals surface area contributed by atoms with Crippen LogP contribution in [0.2, 0.25) is 0 Å². The fourth-order valence-electron chi connectivity index (χ4n) is 3.03. The lowest BCUT2D eigenvalue weighted by molar-refractivity contribution is -0.130. The van der Waals surface area contributed by atoms with Gasteiger partial charge < -0.3 is 9.64 Å². The number of aromatic nitrogens is 1. The van der Waals surface area contributed by atoms with Gasteiger partial charge in [0, 0.05) is 30.8 Å². The molecule has 114 valence electrons. The van der Waals surface area contributed by atoms with Crippen LogP contribution in [-0.4, -0.2) is 35.0 Å². The molecule has 0 bridgehead atoms. The van der Waals surface area contributed by atoms with Crippen LogP contribution in [0.3, 0.4) is 0 Å². The van der Waals surface area contributed by atoms with Crippen LogP contribution in [0.15, 0.2) is 36.4 Å². The van der Waals surface area contributed by atoms with E-state index in [1.54, 1.807) is 0 Å². The van der Waals surface area contributed by atoms with Crippen molar-refractivity contribution in [1.82, 2.24) is 9.88 Å². The van der Waals surface area contributed by atoms with Gasteiger partial charge in [0.15, 0.2) is 0 Å². The molecule has 4 rings (SSSR count). The predicted molar refractivity (Wildman–Crippen MR) is 84.7 cm³/mol. The zero-order valence-electron chi connectivity index (χ0n) is 12.6. The number of carbonyl (C=O) groups excluding carboxylic acids is 1. The summed E-state index contributed by atoms with van der Waals surface area (Å²) in [6, 6.07) is 12.0. The Kier molecular flexibility index (Phi) is 3.45. The Balaban J connectivity index is 1.39. The van der Waals surface area contributed by atoms with Crippen LogP contribution in [0.1, 0.15) is 25.7 Å². The zero-order chi connectivity index (χ0) is 14.9. The van der Waals surface area contributed by atoms with Crippen molar-refractivity contribution < 1.29 is 9.53 Å². The number of ether oxygens (including phenoxy) is 1. The van der Waals surface area contributed by atoms with E-state index in [9.17, 15) is 4.79 Å². The fraction of sp³-hybridized carbons (Fsp3) is 0.444. The van der Waals surface area contributed by atoms with E-state index in [0.29, 0.717) is 24.2 Å².